The van der Waals surface area contributed by atoms with Crippen LogP contribution in [-0.2, 0) is 0 Å². The zero-order chi connectivity index (χ0) is 35.3. The molecule has 10 aromatic carbocycles. The van der Waals surface area contributed by atoms with Gasteiger partial charge in [0.05, 0.1) is 0 Å². The summed E-state index contributed by atoms with van der Waals surface area (Å²) >= 11 is 0. The second-order valence-corrected chi connectivity index (χ2v) is 14.4. The van der Waals surface area contributed by atoms with Crippen LogP contribution in [-0.4, -0.2) is 0 Å². The third-order valence-corrected chi connectivity index (χ3v) is 11.4. The van der Waals surface area contributed by atoms with Crippen molar-refractivity contribution in [2.45, 2.75) is 0 Å². The smallest absolute Gasteiger partial charge is 0.178 e. The molecule has 2 heteroatoms. The molecule has 0 bridgehead atoms. The van der Waals surface area contributed by atoms with Gasteiger partial charge in [-0.25, -0.2) is 0 Å². The average molecular weight is 687 g/mol. The van der Waals surface area contributed by atoms with Gasteiger partial charge in [-0.2, -0.15) is 0 Å². The number of furan rings is 2. The van der Waals surface area contributed by atoms with Gasteiger partial charge in [0.1, 0.15) is 11.2 Å². The van der Waals surface area contributed by atoms with E-state index in [-0.39, 0.29) is 0 Å². The Morgan fingerprint density at radius 2 is 0.741 bits per heavy atom. The van der Waals surface area contributed by atoms with Gasteiger partial charge in [-0.15, -0.1) is 0 Å². The Bertz CT molecular complexity index is 3450. The van der Waals surface area contributed by atoms with E-state index in [1.807, 2.05) is 18.2 Å². The lowest BCUT2D eigenvalue weighted by Gasteiger charge is -2.18. The minimum Gasteiger partial charge on any atom is -0.452 e. The van der Waals surface area contributed by atoms with E-state index in [1.54, 1.807) is 0 Å². The van der Waals surface area contributed by atoms with Crippen molar-refractivity contribution in [1.29, 1.82) is 0 Å². The molecule has 2 nitrogen and oxygen atoms in total. The highest BCUT2D eigenvalue weighted by Gasteiger charge is 2.19. The zero-order valence-corrected chi connectivity index (χ0v) is 29.1. The second kappa shape index (κ2) is 11.2. The van der Waals surface area contributed by atoms with Gasteiger partial charge < -0.3 is 8.83 Å². The summed E-state index contributed by atoms with van der Waals surface area (Å²) in [6.07, 6.45) is 0. The summed E-state index contributed by atoms with van der Waals surface area (Å²) in [6, 6.07) is 65.9. The van der Waals surface area contributed by atoms with Crippen LogP contribution in [0.25, 0.3) is 120 Å². The van der Waals surface area contributed by atoms with E-state index in [0.29, 0.717) is 0 Å². The molecule has 12 aromatic rings. The van der Waals surface area contributed by atoms with E-state index >= 15 is 0 Å². The molecule has 0 saturated heterocycles. The Labute approximate surface area is 310 Å². The van der Waals surface area contributed by atoms with Crippen molar-refractivity contribution < 1.29 is 8.83 Å². The van der Waals surface area contributed by atoms with E-state index in [2.05, 4.69) is 164 Å². The summed E-state index contributed by atoms with van der Waals surface area (Å²) in [4.78, 5) is 0. The number of fused-ring (bicyclic) bond motifs is 11. The van der Waals surface area contributed by atoms with Gasteiger partial charge in [0.15, 0.2) is 11.2 Å². The van der Waals surface area contributed by atoms with Crippen LogP contribution in [0.3, 0.4) is 0 Å². The first-order chi connectivity index (χ1) is 26.7. The molecule has 0 aliphatic heterocycles. The van der Waals surface area contributed by atoms with E-state index in [0.717, 1.165) is 49.3 Å². The molecule has 0 aliphatic carbocycles. The highest BCUT2D eigenvalue weighted by Crippen LogP contribution is 2.45. The Kier molecular flexibility index (Phi) is 6.09. The summed E-state index contributed by atoms with van der Waals surface area (Å²) < 4.78 is 12.9. The van der Waals surface area contributed by atoms with Crippen LogP contribution >= 0.6 is 0 Å². The van der Waals surface area contributed by atoms with Crippen molar-refractivity contribution in [1.82, 2.24) is 0 Å². The number of para-hydroxylation sites is 1. The third kappa shape index (κ3) is 4.28. The van der Waals surface area contributed by atoms with Crippen molar-refractivity contribution in [2.75, 3.05) is 0 Å². The normalized spacial score (nSPS) is 12.1. The number of hydrogen-bond acceptors (Lipinski definition) is 2. The van der Waals surface area contributed by atoms with Crippen LogP contribution in [0.4, 0.5) is 0 Å². The molecular weight excluding hydrogens is 657 g/mol. The fourth-order valence-corrected chi connectivity index (χ4v) is 8.89. The number of rotatable bonds is 3. The Morgan fingerprint density at radius 1 is 0.241 bits per heavy atom. The maximum atomic E-state index is 6.58. The molecule has 0 N–H and O–H groups in total. The van der Waals surface area contributed by atoms with Gasteiger partial charge in [0.25, 0.3) is 0 Å². The summed E-state index contributed by atoms with van der Waals surface area (Å²) in [5, 5.41) is 14.2. The van der Waals surface area contributed by atoms with Crippen LogP contribution < -0.4 is 0 Å². The van der Waals surface area contributed by atoms with Gasteiger partial charge in [0, 0.05) is 21.5 Å². The largest absolute Gasteiger partial charge is 0.452 e. The number of benzene rings is 10. The summed E-state index contributed by atoms with van der Waals surface area (Å²) in [6.45, 7) is 0. The lowest BCUT2D eigenvalue weighted by Crippen LogP contribution is -1.91. The molecule has 0 atom stereocenters. The number of hydrogen-bond donors (Lipinski definition) is 0. The molecule has 2 heterocycles. The van der Waals surface area contributed by atoms with E-state index < -0.39 is 0 Å². The van der Waals surface area contributed by atoms with Crippen LogP contribution in [0.15, 0.2) is 191 Å². The molecule has 12 rings (SSSR count). The van der Waals surface area contributed by atoms with Crippen molar-refractivity contribution in [3.8, 4) is 33.4 Å². The van der Waals surface area contributed by atoms with E-state index in [9.17, 15) is 0 Å². The first kappa shape index (κ1) is 29.4. The fourth-order valence-electron chi connectivity index (χ4n) is 8.89. The van der Waals surface area contributed by atoms with Gasteiger partial charge >= 0.3 is 0 Å². The lowest BCUT2D eigenvalue weighted by molar-refractivity contribution is 0.633. The molecule has 2 aromatic heterocycles. The summed E-state index contributed by atoms with van der Waals surface area (Å²) in [5.74, 6) is 0. The monoisotopic (exact) mass is 686 g/mol. The Balaban J connectivity index is 1.01. The van der Waals surface area contributed by atoms with Gasteiger partial charge in [-0.3, -0.25) is 0 Å². The van der Waals surface area contributed by atoms with Crippen LogP contribution in [0.5, 0.6) is 0 Å². The lowest BCUT2D eigenvalue weighted by atomic mass is 9.85. The quantitative estimate of drug-likeness (QED) is 0.173. The Morgan fingerprint density at radius 3 is 1.48 bits per heavy atom. The van der Waals surface area contributed by atoms with Crippen LogP contribution in [0, 0.1) is 0 Å². The molecule has 250 valence electrons. The minimum atomic E-state index is 0.799. The Hall–Kier alpha value is -7.16. The summed E-state index contributed by atoms with van der Waals surface area (Å²) in [7, 11) is 0. The topological polar surface area (TPSA) is 26.3 Å². The van der Waals surface area contributed by atoms with Crippen LogP contribution in [0.2, 0.25) is 0 Å². The predicted molar refractivity (Wildman–Crippen MR) is 227 cm³/mol. The SMILES string of the molecule is c1cc(-c2ccc3cc4c(cc3c2)oc2c4ccc3c4ccccc4oc32)cc(-c2c3ccccc3c(-c3ccc4ccccc4c3)c3ccccc23)c1. The van der Waals surface area contributed by atoms with Crippen molar-refractivity contribution >= 4 is 87.0 Å². The van der Waals surface area contributed by atoms with Gasteiger partial charge in [-0.05, 0) is 125 Å². The van der Waals surface area contributed by atoms with Gasteiger partial charge in [0.2, 0.25) is 0 Å². The van der Waals surface area contributed by atoms with Crippen molar-refractivity contribution in [2.24, 2.45) is 0 Å². The van der Waals surface area contributed by atoms with Crippen molar-refractivity contribution in [3.63, 3.8) is 0 Å². The maximum Gasteiger partial charge on any atom is 0.178 e. The first-order valence-electron chi connectivity index (χ1n) is 18.5. The molecule has 0 fully saturated rings. The van der Waals surface area contributed by atoms with Crippen molar-refractivity contribution in [3.05, 3.63) is 182 Å². The van der Waals surface area contributed by atoms with E-state index in [4.69, 9.17) is 8.83 Å². The molecule has 0 radical (unpaired) electrons. The maximum absolute atomic E-state index is 6.58. The molecule has 0 amide bonds. The van der Waals surface area contributed by atoms with E-state index in [1.165, 1.54) is 71.1 Å². The third-order valence-electron chi connectivity index (χ3n) is 11.4. The zero-order valence-electron chi connectivity index (χ0n) is 29.1. The highest BCUT2D eigenvalue weighted by molar-refractivity contribution is 6.22. The minimum absolute atomic E-state index is 0.799. The van der Waals surface area contributed by atoms with Crippen LogP contribution in [0.1, 0.15) is 0 Å². The molecule has 0 aliphatic rings. The van der Waals surface area contributed by atoms with Gasteiger partial charge in [-0.1, -0.05) is 133 Å². The fraction of sp³-hybridized carbons (Fsp3) is 0. The highest BCUT2D eigenvalue weighted by atomic mass is 16.4. The molecule has 54 heavy (non-hydrogen) atoms. The average Bonchev–Trinajstić information content (AvgIpc) is 3.79. The molecule has 0 unspecified atom stereocenters. The molecule has 0 saturated carbocycles. The predicted octanol–water partition coefficient (Wildman–Crippen LogP) is 15.1. The first-order valence-corrected chi connectivity index (χ1v) is 18.5. The standard InChI is InChI=1S/C52H30O2/c1-2-11-32-26-37(23-20-31(32)10-1)50-42-17-5-3-15-40(42)49(41-16-4-6-18-43(41)50)36-13-9-12-33(27-36)34-21-22-35-29-46-45-25-24-44-39-14-7-8-19-47(39)53-51(44)52(45)54-48(46)30-38(35)28-34/h1-30H. The second-order valence-electron chi connectivity index (χ2n) is 14.4. The molecule has 0 spiro atoms. The summed E-state index contributed by atoms with van der Waals surface area (Å²) in [5.41, 5.74) is 10.7. The molecular formula is C52H30O2.